The summed E-state index contributed by atoms with van der Waals surface area (Å²) in [6, 6.07) is 0. The fourth-order valence-electron chi connectivity index (χ4n) is 9.40. The van der Waals surface area contributed by atoms with Gasteiger partial charge in [-0.05, 0) is 96.3 Å². The van der Waals surface area contributed by atoms with Gasteiger partial charge in [0.05, 0.1) is 27.7 Å². The van der Waals surface area contributed by atoms with Crippen molar-refractivity contribution in [3.63, 3.8) is 0 Å². The highest BCUT2D eigenvalue weighted by Crippen LogP contribution is 2.38. The Morgan fingerprint density at radius 2 is 0.695 bits per heavy atom. The third kappa shape index (κ3) is 66.1. The summed E-state index contributed by atoms with van der Waals surface area (Å²) in [5, 5.41) is 0. The zero-order valence-electron chi connectivity index (χ0n) is 53.9. The van der Waals surface area contributed by atoms with E-state index in [1.807, 2.05) is 21.1 Å². The Hall–Kier alpha value is -3.07. The van der Waals surface area contributed by atoms with Crippen LogP contribution in [0.25, 0.3) is 0 Å². The van der Waals surface area contributed by atoms with Crippen LogP contribution in [0, 0.1) is 0 Å². The predicted octanol–water partition coefficient (Wildman–Crippen LogP) is 21.3. The van der Waals surface area contributed by atoms with Crippen molar-refractivity contribution in [1.82, 2.24) is 0 Å². The summed E-state index contributed by atoms with van der Waals surface area (Å²) in [6.45, 7) is 4.14. The lowest BCUT2D eigenvalue weighted by Gasteiger charge is -2.28. The van der Waals surface area contributed by atoms with Crippen molar-refractivity contribution in [1.29, 1.82) is 0 Å². The number of phosphoric ester groups is 1. The van der Waals surface area contributed by atoms with E-state index in [9.17, 15) is 19.0 Å². The summed E-state index contributed by atoms with van der Waals surface area (Å²) in [5.41, 5.74) is 0. The zero-order valence-corrected chi connectivity index (χ0v) is 54.8. The van der Waals surface area contributed by atoms with E-state index in [0.29, 0.717) is 17.4 Å². The van der Waals surface area contributed by atoms with Crippen LogP contribution in [0.4, 0.5) is 0 Å². The van der Waals surface area contributed by atoms with Gasteiger partial charge in [-0.3, -0.25) is 14.2 Å². The van der Waals surface area contributed by atoms with Crippen molar-refractivity contribution >= 4 is 19.8 Å². The van der Waals surface area contributed by atoms with Crippen LogP contribution in [0.15, 0.2) is 97.2 Å². The molecule has 0 saturated heterocycles. The summed E-state index contributed by atoms with van der Waals surface area (Å²) in [6.07, 6.45) is 86.2. The number of likely N-dealkylation sites (N-methyl/N-ethyl adjacent to an activating group) is 1. The van der Waals surface area contributed by atoms with Gasteiger partial charge in [0.15, 0.2) is 6.10 Å². The van der Waals surface area contributed by atoms with Crippen LogP contribution in [0.5, 0.6) is 0 Å². The number of phosphoric acid groups is 1. The first-order valence-corrected chi connectivity index (χ1v) is 35.4. The van der Waals surface area contributed by atoms with Gasteiger partial charge >= 0.3 is 11.9 Å². The van der Waals surface area contributed by atoms with Gasteiger partial charge < -0.3 is 27.9 Å². The fourth-order valence-corrected chi connectivity index (χ4v) is 10.1. The third-order valence-corrected chi connectivity index (χ3v) is 15.6. The molecule has 0 bridgehead atoms. The number of quaternary nitrogens is 1. The lowest BCUT2D eigenvalue weighted by molar-refractivity contribution is -0.870. The molecule has 2 unspecified atom stereocenters. The summed E-state index contributed by atoms with van der Waals surface area (Å²) >= 11 is 0. The minimum atomic E-state index is -4.65. The van der Waals surface area contributed by atoms with E-state index in [4.69, 9.17) is 18.5 Å². The maximum Gasteiger partial charge on any atom is 0.306 e. The molecule has 0 spiro atoms. The van der Waals surface area contributed by atoms with Gasteiger partial charge in [0.2, 0.25) is 0 Å². The average molecular weight is 1170 g/mol. The molecule has 0 aliphatic rings. The first-order valence-electron chi connectivity index (χ1n) is 33.9. The molecular weight excluding hydrogens is 1040 g/mol. The quantitative estimate of drug-likeness (QED) is 0.0195. The molecule has 0 aromatic carbocycles. The Labute approximate surface area is 506 Å². The molecule has 474 valence electrons. The fraction of sp³-hybridized carbons (Fsp3) is 0.750. The summed E-state index contributed by atoms with van der Waals surface area (Å²) in [4.78, 5) is 38.0. The monoisotopic (exact) mass is 1170 g/mol. The molecule has 0 heterocycles. The number of hydrogen-bond donors (Lipinski definition) is 0. The van der Waals surface area contributed by atoms with Gasteiger partial charge in [-0.15, -0.1) is 0 Å². The summed E-state index contributed by atoms with van der Waals surface area (Å²) < 4.78 is 34.3. The number of allylic oxidation sites excluding steroid dienone is 16. The largest absolute Gasteiger partial charge is 0.756 e. The van der Waals surface area contributed by atoms with Gasteiger partial charge in [0.25, 0.3) is 7.82 Å². The number of hydrogen-bond acceptors (Lipinski definition) is 8. The molecule has 0 rings (SSSR count). The highest BCUT2D eigenvalue weighted by molar-refractivity contribution is 7.45. The van der Waals surface area contributed by atoms with Crippen LogP contribution in [0.2, 0.25) is 0 Å². The Bertz CT molecular complexity index is 1710. The van der Waals surface area contributed by atoms with E-state index in [2.05, 4.69) is 111 Å². The number of nitrogens with zero attached hydrogens (tertiary/aromatic N) is 1. The van der Waals surface area contributed by atoms with E-state index < -0.39 is 26.5 Å². The second-order valence-electron chi connectivity index (χ2n) is 23.8. The molecule has 10 heteroatoms. The average Bonchev–Trinajstić information content (AvgIpc) is 3.45. The molecule has 0 aliphatic heterocycles. The lowest BCUT2D eigenvalue weighted by Crippen LogP contribution is -2.37. The van der Waals surface area contributed by atoms with E-state index in [0.717, 1.165) is 89.9 Å². The lowest BCUT2D eigenvalue weighted by atomic mass is 10.0. The second kappa shape index (κ2) is 62.5. The molecule has 0 aromatic heterocycles. The van der Waals surface area contributed by atoms with Gasteiger partial charge in [0.1, 0.15) is 19.8 Å². The number of rotatable bonds is 62. The Morgan fingerprint density at radius 3 is 1.04 bits per heavy atom. The van der Waals surface area contributed by atoms with Gasteiger partial charge in [0, 0.05) is 12.8 Å². The van der Waals surface area contributed by atoms with E-state index >= 15 is 0 Å². The van der Waals surface area contributed by atoms with Crippen LogP contribution in [-0.4, -0.2) is 70.0 Å². The molecular formula is C72H128NO8P. The second-order valence-corrected chi connectivity index (χ2v) is 25.2. The highest BCUT2D eigenvalue weighted by Gasteiger charge is 2.22. The molecule has 0 amide bonds. The molecule has 0 N–H and O–H groups in total. The van der Waals surface area contributed by atoms with Crippen molar-refractivity contribution in [2.75, 3.05) is 47.5 Å². The number of carbonyl (C=O) groups is 2. The number of carbonyl (C=O) groups excluding carboxylic acids is 2. The number of ether oxygens (including phenoxy) is 2. The minimum Gasteiger partial charge on any atom is -0.756 e. The molecule has 0 saturated carbocycles. The van der Waals surface area contributed by atoms with E-state index in [1.54, 1.807) is 0 Å². The van der Waals surface area contributed by atoms with Crippen molar-refractivity contribution < 1.29 is 42.1 Å². The van der Waals surface area contributed by atoms with Crippen molar-refractivity contribution in [2.45, 2.75) is 302 Å². The topological polar surface area (TPSA) is 111 Å². The Morgan fingerprint density at radius 1 is 0.390 bits per heavy atom. The third-order valence-electron chi connectivity index (χ3n) is 14.6. The Kier molecular flexibility index (Phi) is 60.1. The maximum atomic E-state index is 12.9. The molecule has 0 radical (unpaired) electrons. The van der Waals surface area contributed by atoms with Crippen molar-refractivity contribution in [2.24, 2.45) is 0 Å². The van der Waals surface area contributed by atoms with Crippen LogP contribution in [0.3, 0.4) is 0 Å². The molecule has 0 fully saturated rings. The number of esters is 2. The molecule has 0 aromatic rings. The molecule has 2 atom stereocenters. The first-order chi connectivity index (χ1) is 40.0. The van der Waals surface area contributed by atoms with Crippen LogP contribution >= 0.6 is 7.82 Å². The van der Waals surface area contributed by atoms with Gasteiger partial charge in [-0.2, -0.15) is 0 Å². The molecule has 9 nitrogen and oxygen atoms in total. The summed E-state index contributed by atoms with van der Waals surface area (Å²) in [7, 11) is 1.16. The predicted molar refractivity (Wildman–Crippen MR) is 351 cm³/mol. The van der Waals surface area contributed by atoms with Gasteiger partial charge in [-0.25, -0.2) is 0 Å². The zero-order chi connectivity index (χ0) is 59.8. The van der Waals surface area contributed by atoms with Gasteiger partial charge in [-0.1, -0.05) is 284 Å². The molecule has 0 aliphatic carbocycles. The normalized spacial score (nSPS) is 13.8. The molecule has 82 heavy (non-hydrogen) atoms. The van der Waals surface area contributed by atoms with E-state index in [-0.39, 0.29) is 32.0 Å². The van der Waals surface area contributed by atoms with E-state index in [1.165, 1.54) is 173 Å². The standard InChI is InChI=1S/C72H128NO8P/c1-6-8-10-12-14-16-18-20-22-24-26-28-30-32-34-36-38-40-42-44-46-48-50-52-54-56-58-60-62-64-71(74)78-68-70(69-80-82(76,77)79-67-66-73(3,4)5)81-72(75)65-63-61-59-57-55-53-51-49-47-45-43-41-39-37-35-33-31-29-27-25-23-21-19-17-15-13-11-9-7-2/h9,11,15,17-18,20-21,23-24,26-27,29,33,35,39,41,70H,6-8,10,12-14,16,19,22,25,28,30-32,34,36-38,40,42-69H2,1-5H3/b11-9-,17-15-,20-18-,23-21-,26-24-,29-27-,35-33-,41-39-. The Balaban J connectivity index is 4.08. The first kappa shape index (κ1) is 78.9. The minimum absolute atomic E-state index is 0.0347. The maximum absolute atomic E-state index is 12.9. The van der Waals surface area contributed by atoms with Crippen LogP contribution in [-0.2, 0) is 32.7 Å². The smallest absolute Gasteiger partial charge is 0.306 e. The van der Waals surface area contributed by atoms with Crippen molar-refractivity contribution in [3.05, 3.63) is 97.2 Å². The number of unbranched alkanes of at least 4 members (excludes halogenated alkanes) is 32. The SMILES string of the molecule is CC/C=C\C/C=C\C/C=C\C/C=C\C/C=C\C/C=C\CCCCCCCCCCCCC(=O)OC(COC(=O)CCCCCCCCCCCCCCCCCCC/C=C\C/C=C\CCCCCCC)COP(=O)([O-])OCC[N+](C)(C)C. The van der Waals surface area contributed by atoms with Crippen LogP contribution < -0.4 is 4.89 Å². The highest BCUT2D eigenvalue weighted by atomic mass is 31.2. The van der Waals surface area contributed by atoms with Crippen LogP contribution in [0.1, 0.15) is 296 Å². The van der Waals surface area contributed by atoms with Crippen molar-refractivity contribution in [3.8, 4) is 0 Å². The summed E-state index contributed by atoms with van der Waals surface area (Å²) in [5.74, 6) is -0.833.